The van der Waals surface area contributed by atoms with Crippen LogP contribution in [-0.4, -0.2) is 47.1 Å². The van der Waals surface area contributed by atoms with E-state index >= 15 is 0 Å². The van der Waals surface area contributed by atoms with Crippen LogP contribution in [0.25, 0.3) is 0 Å². The van der Waals surface area contributed by atoms with Crippen LogP contribution in [0.4, 0.5) is 10.5 Å². The summed E-state index contributed by atoms with van der Waals surface area (Å²) in [6.07, 6.45) is 7.32. The van der Waals surface area contributed by atoms with Crippen LogP contribution in [0.15, 0.2) is 42.9 Å². The van der Waals surface area contributed by atoms with Gasteiger partial charge in [0.2, 0.25) is 0 Å². The summed E-state index contributed by atoms with van der Waals surface area (Å²) in [5.74, 6) is 0.486. The third-order valence-electron chi connectivity index (χ3n) is 5.12. The number of urea groups is 1. The Kier molecular flexibility index (Phi) is 6.85. The minimum atomic E-state index is -0.0107. The van der Waals surface area contributed by atoms with Crippen molar-refractivity contribution >= 4 is 11.7 Å². The van der Waals surface area contributed by atoms with Crippen molar-refractivity contribution in [1.82, 2.24) is 20.2 Å². The van der Waals surface area contributed by atoms with Crippen LogP contribution < -0.4 is 10.2 Å². The number of nitrogens with zero attached hydrogens (tertiary/aromatic N) is 4. The average molecular weight is 382 g/mol. The van der Waals surface area contributed by atoms with Gasteiger partial charge in [0.15, 0.2) is 0 Å². The molecule has 150 valence electrons. The Hall–Kier alpha value is -2.63. The van der Waals surface area contributed by atoms with Gasteiger partial charge in [-0.3, -0.25) is 9.97 Å². The number of aryl methyl sites for hydroxylation is 1. The van der Waals surface area contributed by atoms with E-state index in [0.717, 1.165) is 43.7 Å². The van der Waals surface area contributed by atoms with Gasteiger partial charge in [-0.25, -0.2) is 4.79 Å². The van der Waals surface area contributed by atoms with Crippen LogP contribution in [0.1, 0.15) is 44.0 Å². The minimum absolute atomic E-state index is 0.0107. The number of rotatable bonds is 5. The third kappa shape index (κ3) is 5.44. The number of anilines is 1. The Labute approximate surface area is 168 Å². The minimum Gasteiger partial charge on any atom is -0.370 e. The number of pyridine rings is 2. The van der Waals surface area contributed by atoms with E-state index in [4.69, 9.17) is 0 Å². The number of aromatic nitrogens is 2. The van der Waals surface area contributed by atoms with Gasteiger partial charge in [-0.1, -0.05) is 19.9 Å². The van der Waals surface area contributed by atoms with Gasteiger partial charge in [-0.05, 0) is 49.4 Å². The molecule has 1 atom stereocenters. The van der Waals surface area contributed by atoms with Gasteiger partial charge in [0.05, 0.1) is 6.04 Å². The largest absolute Gasteiger partial charge is 0.370 e. The van der Waals surface area contributed by atoms with Gasteiger partial charge in [0.1, 0.15) is 0 Å². The molecule has 0 saturated carbocycles. The molecule has 0 spiro atoms. The summed E-state index contributed by atoms with van der Waals surface area (Å²) in [5, 5.41) is 3.24. The second kappa shape index (κ2) is 9.53. The van der Waals surface area contributed by atoms with E-state index in [1.165, 1.54) is 5.69 Å². The van der Waals surface area contributed by atoms with Crippen LogP contribution in [0, 0.1) is 12.8 Å². The van der Waals surface area contributed by atoms with Crippen LogP contribution in [0.3, 0.4) is 0 Å². The molecule has 0 aromatic carbocycles. The molecular formula is C22H31N5O. The highest BCUT2D eigenvalue weighted by Gasteiger charge is 2.23. The normalized spacial score (nSPS) is 16.0. The molecule has 1 aliphatic rings. The molecule has 1 saturated heterocycles. The summed E-state index contributed by atoms with van der Waals surface area (Å²) < 4.78 is 0. The van der Waals surface area contributed by atoms with Crippen LogP contribution in [-0.2, 0) is 0 Å². The third-order valence-corrected chi connectivity index (χ3v) is 5.12. The van der Waals surface area contributed by atoms with E-state index < -0.39 is 0 Å². The smallest absolute Gasteiger partial charge is 0.317 e. The van der Waals surface area contributed by atoms with E-state index in [1.807, 2.05) is 42.4 Å². The average Bonchev–Trinajstić information content (AvgIpc) is 2.94. The summed E-state index contributed by atoms with van der Waals surface area (Å²) in [7, 11) is 0. The van der Waals surface area contributed by atoms with Crippen molar-refractivity contribution < 1.29 is 4.79 Å². The molecule has 0 unspecified atom stereocenters. The van der Waals surface area contributed by atoms with Gasteiger partial charge in [0, 0.05) is 56.2 Å². The first-order valence-corrected chi connectivity index (χ1v) is 10.2. The predicted octanol–water partition coefficient (Wildman–Crippen LogP) is 3.79. The van der Waals surface area contributed by atoms with E-state index in [1.54, 1.807) is 6.20 Å². The van der Waals surface area contributed by atoms with Gasteiger partial charge < -0.3 is 15.1 Å². The van der Waals surface area contributed by atoms with Gasteiger partial charge >= 0.3 is 6.03 Å². The number of hydrogen-bond donors (Lipinski definition) is 1. The summed E-state index contributed by atoms with van der Waals surface area (Å²) in [6.45, 7) is 9.63. The molecule has 2 aromatic heterocycles. The fraction of sp³-hybridized carbons (Fsp3) is 0.500. The summed E-state index contributed by atoms with van der Waals surface area (Å²) in [6, 6.07) is 8.12. The van der Waals surface area contributed by atoms with Gasteiger partial charge in [0.25, 0.3) is 0 Å². The van der Waals surface area contributed by atoms with Crippen molar-refractivity contribution in [3.05, 3.63) is 54.1 Å². The van der Waals surface area contributed by atoms with Gasteiger partial charge in [-0.15, -0.1) is 0 Å². The molecule has 2 amide bonds. The zero-order valence-electron chi connectivity index (χ0n) is 17.1. The molecule has 1 aliphatic heterocycles. The highest BCUT2D eigenvalue weighted by molar-refractivity contribution is 5.75. The van der Waals surface area contributed by atoms with E-state index in [0.29, 0.717) is 12.5 Å². The first-order chi connectivity index (χ1) is 13.5. The number of hydrogen-bond acceptors (Lipinski definition) is 4. The maximum Gasteiger partial charge on any atom is 0.317 e. The lowest BCUT2D eigenvalue weighted by molar-refractivity contribution is 0.195. The van der Waals surface area contributed by atoms with E-state index in [2.05, 4.69) is 40.1 Å². The van der Waals surface area contributed by atoms with Crippen molar-refractivity contribution in [2.24, 2.45) is 5.92 Å². The summed E-state index contributed by atoms with van der Waals surface area (Å²) in [5.41, 5.74) is 3.26. The van der Waals surface area contributed by atoms with E-state index in [-0.39, 0.29) is 12.1 Å². The lowest BCUT2D eigenvalue weighted by Gasteiger charge is -2.27. The van der Waals surface area contributed by atoms with Crippen molar-refractivity contribution in [1.29, 1.82) is 0 Å². The van der Waals surface area contributed by atoms with E-state index in [9.17, 15) is 4.79 Å². The summed E-state index contributed by atoms with van der Waals surface area (Å²) in [4.78, 5) is 25.8. The molecule has 0 radical (unpaired) electrons. The lowest BCUT2D eigenvalue weighted by Crippen LogP contribution is -2.43. The summed E-state index contributed by atoms with van der Waals surface area (Å²) >= 11 is 0. The molecule has 3 heterocycles. The molecule has 0 bridgehead atoms. The van der Waals surface area contributed by atoms with Crippen molar-refractivity contribution in [2.45, 2.75) is 39.7 Å². The Morgan fingerprint density at radius 3 is 2.75 bits per heavy atom. The highest BCUT2D eigenvalue weighted by Crippen LogP contribution is 2.21. The fourth-order valence-corrected chi connectivity index (χ4v) is 3.68. The first kappa shape index (κ1) is 20.1. The zero-order chi connectivity index (χ0) is 19.9. The Morgan fingerprint density at radius 1 is 1.18 bits per heavy atom. The number of amides is 2. The molecule has 1 N–H and O–H groups in total. The second-order valence-electron chi connectivity index (χ2n) is 7.90. The maximum atomic E-state index is 13.0. The van der Waals surface area contributed by atoms with Crippen molar-refractivity contribution in [3.8, 4) is 0 Å². The zero-order valence-corrected chi connectivity index (χ0v) is 17.1. The maximum absolute atomic E-state index is 13.0. The Morgan fingerprint density at radius 2 is 2.04 bits per heavy atom. The second-order valence-corrected chi connectivity index (χ2v) is 7.90. The number of carbonyl (C=O) groups is 1. The standard InChI is InChI=1S/C22H31N5O/c1-17(2)14-21(19-6-4-8-23-16-19)25-22(28)27-11-5-10-26(12-13-27)20-7-9-24-18(3)15-20/h4,6-9,15-17,21H,5,10-14H2,1-3H3,(H,25,28)/t21-/m0/s1. The Balaban J connectivity index is 1.63. The predicted molar refractivity (Wildman–Crippen MR) is 112 cm³/mol. The van der Waals surface area contributed by atoms with Gasteiger partial charge in [-0.2, -0.15) is 0 Å². The molecule has 2 aromatic rings. The molecule has 28 heavy (non-hydrogen) atoms. The molecular weight excluding hydrogens is 350 g/mol. The quantitative estimate of drug-likeness (QED) is 0.856. The number of carbonyl (C=O) groups excluding carboxylic acids is 1. The van der Waals surface area contributed by atoms with Crippen molar-refractivity contribution in [3.63, 3.8) is 0 Å². The molecule has 6 nitrogen and oxygen atoms in total. The lowest BCUT2D eigenvalue weighted by atomic mass is 9.98. The molecule has 1 fully saturated rings. The fourth-order valence-electron chi connectivity index (χ4n) is 3.68. The van der Waals surface area contributed by atoms with Crippen LogP contribution in [0.5, 0.6) is 0 Å². The molecule has 0 aliphatic carbocycles. The topological polar surface area (TPSA) is 61.4 Å². The van der Waals surface area contributed by atoms with Crippen LogP contribution >= 0.6 is 0 Å². The SMILES string of the molecule is Cc1cc(N2CCCN(C(=O)N[C@@H](CC(C)C)c3cccnc3)CC2)ccn1. The van der Waals surface area contributed by atoms with Crippen molar-refractivity contribution in [2.75, 3.05) is 31.1 Å². The van der Waals surface area contributed by atoms with Crippen LogP contribution in [0.2, 0.25) is 0 Å². The number of nitrogens with one attached hydrogen (secondary N) is 1. The monoisotopic (exact) mass is 381 g/mol. The first-order valence-electron chi connectivity index (χ1n) is 10.2. The highest BCUT2D eigenvalue weighted by atomic mass is 16.2. The Bertz CT molecular complexity index is 765. The molecule has 3 rings (SSSR count). The molecule has 6 heteroatoms.